The first kappa shape index (κ1) is 31.1. The number of hydrogen-bond donors (Lipinski definition) is 0. The Kier molecular flexibility index (Phi) is 11.5. The zero-order chi connectivity index (χ0) is 29.9. The summed E-state index contributed by atoms with van der Waals surface area (Å²) in [7, 11) is 0. The second-order valence-corrected chi connectivity index (χ2v) is 12.4. The lowest BCUT2D eigenvalue weighted by molar-refractivity contribution is 0.145. The van der Waals surface area contributed by atoms with Crippen LogP contribution in [0.3, 0.4) is 0 Å². The van der Waals surface area contributed by atoms with E-state index in [0.29, 0.717) is 24.5 Å². The van der Waals surface area contributed by atoms with Crippen molar-refractivity contribution < 1.29 is 14.3 Å². The lowest BCUT2D eigenvalue weighted by Gasteiger charge is -2.36. The molecule has 8 heteroatoms. The molecule has 2 aromatic carbocycles. The molecule has 4 aromatic rings. The molecule has 1 saturated heterocycles. The number of fused-ring (bicyclic) bond motifs is 2. The summed E-state index contributed by atoms with van der Waals surface area (Å²) in [5.74, 6) is 0.656. The van der Waals surface area contributed by atoms with E-state index < -0.39 is 6.09 Å². The Bertz CT molecular complexity index is 1520. The molecule has 0 atom stereocenters. The van der Waals surface area contributed by atoms with Crippen LogP contribution in [-0.2, 0) is 4.74 Å². The number of piperazine rings is 1. The maximum absolute atomic E-state index is 12.9. The molecule has 7 nitrogen and oxygen atoms in total. The number of thiophene rings is 1. The van der Waals surface area contributed by atoms with Gasteiger partial charge in [0.05, 0.1) is 18.7 Å². The number of rotatable bonds is 15. The normalized spacial score (nSPS) is 14.0. The van der Waals surface area contributed by atoms with Crippen LogP contribution >= 0.6 is 11.3 Å². The minimum atomic E-state index is -0.620. The van der Waals surface area contributed by atoms with Gasteiger partial charge in [-0.15, -0.1) is 11.3 Å². The minimum absolute atomic E-state index is 0.325. The minimum Gasteiger partial charge on any atom is -0.494 e. The molecule has 0 saturated carbocycles. The monoisotopic (exact) mass is 603 g/mol. The van der Waals surface area contributed by atoms with E-state index in [4.69, 9.17) is 9.47 Å². The Morgan fingerprint density at radius 2 is 1.60 bits per heavy atom. The number of carbonyl (C=O) groups excluding carboxylic acids is 1. The van der Waals surface area contributed by atoms with E-state index in [1.165, 1.54) is 47.5 Å². The van der Waals surface area contributed by atoms with Gasteiger partial charge in [-0.1, -0.05) is 51.5 Å². The van der Waals surface area contributed by atoms with Crippen LogP contribution in [0.2, 0.25) is 0 Å². The molecule has 0 aliphatic carbocycles. The fourth-order valence-electron chi connectivity index (χ4n) is 5.87. The summed E-state index contributed by atoms with van der Waals surface area (Å²) in [6.07, 6.45) is 9.36. The maximum Gasteiger partial charge on any atom is 0.421 e. The van der Waals surface area contributed by atoms with Gasteiger partial charge in [-0.3, -0.25) is 9.69 Å². The number of unbranched alkanes of at least 4 members (excludes halogenated alkanes) is 7. The van der Waals surface area contributed by atoms with Crippen molar-refractivity contribution in [3.05, 3.63) is 70.3 Å². The molecule has 0 amide bonds. The van der Waals surface area contributed by atoms with Gasteiger partial charge in [0, 0.05) is 54.1 Å². The first-order valence-corrected chi connectivity index (χ1v) is 16.9. The van der Waals surface area contributed by atoms with Gasteiger partial charge in [0.15, 0.2) is 0 Å². The molecule has 2 aromatic heterocycles. The molecule has 43 heavy (non-hydrogen) atoms. The SMILES string of the molecule is CCCCCCCCCOC(=O)n1c(=O)ccc2ccc(OCCCCN3CCN(c4cccc5sccc45)CC3)cc21. The van der Waals surface area contributed by atoms with Gasteiger partial charge in [-0.2, -0.15) is 0 Å². The molecule has 3 heterocycles. The van der Waals surface area contributed by atoms with E-state index in [1.54, 1.807) is 23.5 Å². The zero-order valence-corrected chi connectivity index (χ0v) is 26.3. The highest BCUT2D eigenvalue weighted by molar-refractivity contribution is 7.17. The van der Waals surface area contributed by atoms with Gasteiger partial charge in [0.2, 0.25) is 0 Å². The molecule has 1 aliphatic rings. The molecule has 0 N–H and O–H groups in total. The van der Waals surface area contributed by atoms with Gasteiger partial charge in [0.1, 0.15) is 5.75 Å². The topological polar surface area (TPSA) is 64.0 Å². The standard InChI is InChI=1S/C35H45N3O4S/c1-2-3-4-5-6-7-9-25-42-35(40)38-32-27-29(16-14-28(32)15-17-34(38)39)41-24-10-8-19-36-20-22-37(23-21-36)31-12-11-13-33-30(31)18-26-43-33/h11-18,26-27H,2-10,19-25H2,1H3. The number of anilines is 1. The lowest BCUT2D eigenvalue weighted by Crippen LogP contribution is -2.46. The van der Waals surface area contributed by atoms with Crippen LogP contribution in [0.25, 0.3) is 21.0 Å². The number of pyridine rings is 1. The van der Waals surface area contributed by atoms with E-state index in [2.05, 4.69) is 46.4 Å². The number of benzene rings is 2. The van der Waals surface area contributed by atoms with Crippen LogP contribution in [0.5, 0.6) is 5.75 Å². The highest BCUT2D eigenvalue weighted by Gasteiger charge is 2.19. The first-order valence-electron chi connectivity index (χ1n) is 16.0. The number of nitrogens with zero attached hydrogens (tertiary/aromatic N) is 3. The number of hydrogen-bond acceptors (Lipinski definition) is 7. The molecule has 1 aliphatic heterocycles. The van der Waals surface area contributed by atoms with Gasteiger partial charge >= 0.3 is 6.09 Å². The van der Waals surface area contributed by atoms with Crippen molar-refractivity contribution in [1.82, 2.24) is 9.47 Å². The van der Waals surface area contributed by atoms with E-state index in [9.17, 15) is 9.59 Å². The van der Waals surface area contributed by atoms with Crippen LogP contribution in [-0.4, -0.2) is 61.5 Å². The van der Waals surface area contributed by atoms with Crippen molar-refractivity contribution in [3.63, 3.8) is 0 Å². The summed E-state index contributed by atoms with van der Waals surface area (Å²) in [6.45, 7) is 8.41. The Morgan fingerprint density at radius 1 is 0.837 bits per heavy atom. The Morgan fingerprint density at radius 3 is 2.44 bits per heavy atom. The quantitative estimate of drug-likeness (QED) is 0.129. The molecule has 0 radical (unpaired) electrons. The highest BCUT2D eigenvalue weighted by atomic mass is 32.1. The molecule has 0 unspecified atom stereocenters. The second kappa shape index (κ2) is 15.9. The smallest absolute Gasteiger partial charge is 0.421 e. The van der Waals surface area contributed by atoms with Gasteiger partial charge in [-0.05, 0) is 73.0 Å². The third-order valence-corrected chi connectivity index (χ3v) is 9.23. The van der Waals surface area contributed by atoms with Crippen LogP contribution in [0.4, 0.5) is 10.5 Å². The third-order valence-electron chi connectivity index (χ3n) is 8.35. The zero-order valence-electron chi connectivity index (χ0n) is 25.5. The summed E-state index contributed by atoms with van der Waals surface area (Å²) in [4.78, 5) is 30.5. The average molecular weight is 604 g/mol. The molecule has 0 bridgehead atoms. The highest BCUT2D eigenvalue weighted by Crippen LogP contribution is 2.31. The summed E-state index contributed by atoms with van der Waals surface area (Å²) in [5.41, 5.74) is 1.49. The molecule has 5 rings (SSSR count). The van der Waals surface area contributed by atoms with Crippen molar-refractivity contribution in [2.24, 2.45) is 0 Å². The van der Waals surface area contributed by atoms with Gasteiger partial charge in [-0.25, -0.2) is 9.36 Å². The second-order valence-electron chi connectivity index (χ2n) is 11.5. The van der Waals surface area contributed by atoms with Gasteiger partial charge in [0.25, 0.3) is 5.56 Å². The van der Waals surface area contributed by atoms with Crippen molar-refractivity contribution in [1.29, 1.82) is 0 Å². The van der Waals surface area contributed by atoms with E-state index in [1.807, 2.05) is 12.1 Å². The Labute approximate surface area is 259 Å². The lowest BCUT2D eigenvalue weighted by atomic mass is 10.1. The largest absolute Gasteiger partial charge is 0.494 e. The predicted molar refractivity (Wildman–Crippen MR) is 178 cm³/mol. The number of ether oxygens (including phenoxy) is 2. The molecule has 0 spiro atoms. The summed E-state index contributed by atoms with van der Waals surface area (Å²) in [6, 6.07) is 17.6. The van der Waals surface area contributed by atoms with Crippen molar-refractivity contribution in [2.45, 2.75) is 64.7 Å². The van der Waals surface area contributed by atoms with Crippen LogP contribution < -0.4 is 15.2 Å². The Hall–Kier alpha value is -3.36. The van der Waals surface area contributed by atoms with Crippen molar-refractivity contribution in [2.75, 3.05) is 50.8 Å². The number of aromatic nitrogens is 1. The van der Waals surface area contributed by atoms with Crippen LogP contribution in [0.15, 0.2) is 64.8 Å². The molecular weight excluding hydrogens is 558 g/mol. The average Bonchev–Trinajstić information content (AvgIpc) is 3.52. The summed E-state index contributed by atoms with van der Waals surface area (Å²) >= 11 is 1.80. The fraction of sp³-hybridized carbons (Fsp3) is 0.486. The van der Waals surface area contributed by atoms with E-state index >= 15 is 0 Å². The summed E-state index contributed by atoms with van der Waals surface area (Å²) in [5, 5.41) is 4.34. The Balaban J connectivity index is 1.05. The van der Waals surface area contributed by atoms with E-state index in [0.717, 1.165) is 74.8 Å². The number of carbonyl (C=O) groups is 1. The van der Waals surface area contributed by atoms with Crippen molar-refractivity contribution >= 4 is 44.1 Å². The maximum atomic E-state index is 12.9. The van der Waals surface area contributed by atoms with Crippen LogP contribution in [0, 0.1) is 0 Å². The van der Waals surface area contributed by atoms with E-state index in [-0.39, 0.29) is 5.56 Å². The van der Waals surface area contributed by atoms with Gasteiger partial charge < -0.3 is 14.4 Å². The molecular formula is C35H45N3O4S. The predicted octanol–water partition coefficient (Wildman–Crippen LogP) is 7.93. The molecule has 1 fully saturated rings. The third kappa shape index (κ3) is 8.39. The fourth-order valence-corrected chi connectivity index (χ4v) is 6.67. The summed E-state index contributed by atoms with van der Waals surface area (Å²) < 4.78 is 14.0. The van der Waals surface area contributed by atoms with Crippen LogP contribution in [0.1, 0.15) is 64.7 Å². The van der Waals surface area contributed by atoms with Crippen molar-refractivity contribution in [3.8, 4) is 5.75 Å². The first-order chi connectivity index (χ1) is 21.1. The molecule has 230 valence electrons.